The Balaban J connectivity index is 2.05. The number of hydrogen-bond donors (Lipinski definition) is 1. The molecule has 2 rings (SSSR count). The highest BCUT2D eigenvalue weighted by Crippen LogP contribution is 2.26. The van der Waals surface area contributed by atoms with E-state index in [0.717, 1.165) is 36.0 Å². The van der Waals surface area contributed by atoms with E-state index in [-0.39, 0.29) is 0 Å². The number of rotatable bonds is 8. The maximum Gasteiger partial charge on any atom is 0.147 e. The molecule has 118 valence electrons. The Kier molecular flexibility index (Phi) is 5.85. The van der Waals surface area contributed by atoms with Crippen LogP contribution in [0.1, 0.15) is 32.3 Å². The van der Waals surface area contributed by atoms with Crippen LogP contribution in [0.5, 0.6) is 0 Å². The van der Waals surface area contributed by atoms with Crippen LogP contribution in [-0.2, 0) is 6.54 Å². The summed E-state index contributed by atoms with van der Waals surface area (Å²) in [5.74, 6) is 0.892. The fraction of sp³-hybridized carbons (Fsp3) is 0.688. The van der Waals surface area contributed by atoms with E-state index >= 15 is 0 Å². The molecule has 0 aromatic carbocycles. The molecule has 1 fully saturated rings. The standard InChI is InChI=1S/C16H27ClN4/c1-5-21(12(2)11-20(3)4)16-15(17)8-13(10-19-16)9-18-14-6-7-14/h8,10,12,14,18H,5-7,9,11H2,1-4H3. The summed E-state index contributed by atoms with van der Waals surface area (Å²) in [4.78, 5) is 9.07. The van der Waals surface area contributed by atoms with Crippen molar-refractivity contribution in [3.63, 3.8) is 0 Å². The number of hydrogen-bond acceptors (Lipinski definition) is 4. The normalized spacial score (nSPS) is 16.3. The molecule has 1 aromatic heterocycles. The van der Waals surface area contributed by atoms with Gasteiger partial charge >= 0.3 is 0 Å². The molecular weight excluding hydrogens is 284 g/mol. The number of aromatic nitrogens is 1. The highest BCUT2D eigenvalue weighted by Gasteiger charge is 2.21. The molecule has 5 heteroatoms. The topological polar surface area (TPSA) is 31.4 Å². The molecule has 0 saturated heterocycles. The van der Waals surface area contributed by atoms with Crippen LogP contribution in [0.25, 0.3) is 0 Å². The van der Waals surface area contributed by atoms with Crippen molar-refractivity contribution >= 4 is 17.4 Å². The number of anilines is 1. The third kappa shape index (κ3) is 4.83. The fourth-order valence-corrected chi connectivity index (χ4v) is 2.92. The number of pyridine rings is 1. The Labute approximate surface area is 133 Å². The second-order valence-corrected chi connectivity index (χ2v) is 6.61. The molecular formula is C16H27ClN4. The molecule has 21 heavy (non-hydrogen) atoms. The van der Waals surface area contributed by atoms with Gasteiger partial charge in [0.05, 0.1) is 5.02 Å². The zero-order chi connectivity index (χ0) is 15.4. The molecule has 1 aliphatic carbocycles. The zero-order valence-electron chi connectivity index (χ0n) is 13.6. The first-order chi connectivity index (χ1) is 10.0. The van der Waals surface area contributed by atoms with E-state index in [1.807, 2.05) is 12.3 Å². The zero-order valence-corrected chi connectivity index (χ0v) is 14.3. The van der Waals surface area contributed by atoms with E-state index in [1.165, 1.54) is 12.8 Å². The Hall–Kier alpha value is -0.840. The first-order valence-electron chi connectivity index (χ1n) is 7.80. The summed E-state index contributed by atoms with van der Waals surface area (Å²) >= 11 is 6.47. The Morgan fingerprint density at radius 2 is 2.14 bits per heavy atom. The summed E-state index contributed by atoms with van der Waals surface area (Å²) in [5, 5.41) is 4.24. The van der Waals surface area contributed by atoms with Crippen molar-refractivity contribution in [2.45, 2.75) is 45.3 Å². The highest BCUT2D eigenvalue weighted by atomic mass is 35.5. The van der Waals surface area contributed by atoms with Gasteiger partial charge in [0.1, 0.15) is 5.82 Å². The maximum atomic E-state index is 6.47. The molecule has 4 nitrogen and oxygen atoms in total. The Morgan fingerprint density at radius 1 is 1.43 bits per heavy atom. The second kappa shape index (κ2) is 7.43. The van der Waals surface area contributed by atoms with Gasteiger partial charge in [-0.15, -0.1) is 0 Å². The van der Waals surface area contributed by atoms with Crippen LogP contribution in [-0.4, -0.2) is 49.2 Å². The van der Waals surface area contributed by atoms with Crippen LogP contribution in [0.4, 0.5) is 5.82 Å². The van der Waals surface area contributed by atoms with Crippen LogP contribution in [0.3, 0.4) is 0 Å². The predicted octanol–water partition coefficient (Wildman–Crippen LogP) is 2.76. The summed E-state index contributed by atoms with van der Waals surface area (Å²) in [7, 11) is 4.18. The predicted molar refractivity (Wildman–Crippen MR) is 90.1 cm³/mol. The molecule has 0 amide bonds. The van der Waals surface area contributed by atoms with Gasteiger partial charge in [-0.25, -0.2) is 4.98 Å². The molecule has 0 bridgehead atoms. The largest absolute Gasteiger partial charge is 0.352 e. The lowest BCUT2D eigenvalue weighted by atomic mass is 10.2. The number of nitrogens with zero attached hydrogens (tertiary/aromatic N) is 3. The van der Waals surface area contributed by atoms with Gasteiger partial charge in [-0.2, -0.15) is 0 Å². The van der Waals surface area contributed by atoms with Crippen LogP contribution in [0.2, 0.25) is 5.02 Å². The van der Waals surface area contributed by atoms with Gasteiger partial charge in [0.25, 0.3) is 0 Å². The van der Waals surface area contributed by atoms with Gasteiger partial charge in [-0.05, 0) is 52.4 Å². The third-order valence-electron chi connectivity index (χ3n) is 3.82. The van der Waals surface area contributed by atoms with Crippen molar-refractivity contribution in [2.24, 2.45) is 0 Å². The van der Waals surface area contributed by atoms with Crippen LogP contribution in [0.15, 0.2) is 12.3 Å². The van der Waals surface area contributed by atoms with Gasteiger partial charge in [0, 0.05) is 37.9 Å². The molecule has 1 N–H and O–H groups in total. The molecule has 0 aliphatic heterocycles. The second-order valence-electron chi connectivity index (χ2n) is 6.20. The quantitative estimate of drug-likeness (QED) is 0.800. The molecule has 0 radical (unpaired) electrons. The third-order valence-corrected chi connectivity index (χ3v) is 4.10. The summed E-state index contributed by atoms with van der Waals surface area (Å²) in [6, 6.07) is 3.13. The molecule has 0 spiro atoms. The van der Waals surface area contributed by atoms with Crippen molar-refractivity contribution in [3.8, 4) is 0 Å². The van der Waals surface area contributed by atoms with E-state index in [4.69, 9.17) is 11.6 Å². The lowest BCUT2D eigenvalue weighted by Gasteiger charge is -2.31. The molecule has 1 atom stereocenters. The van der Waals surface area contributed by atoms with Gasteiger partial charge in [0.15, 0.2) is 0 Å². The van der Waals surface area contributed by atoms with Gasteiger partial charge in [-0.1, -0.05) is 11.6 Å². The van der Waals surface area contributed by atoms with Crippen molar-refractivity contribution in [3.05, 3.63) is 22.8 Å². The summed E-state index contributed by atoms with van der Waals surface area (Å²) < 4.78 is 0. The molecule has 1 unspecified atom stereocenters. The van der Waals surface area contributed by atoms with Crippen molar-refractivity contribution in [1.82, 2.24) is 15.2 Å². The van der Waals surface area contributed by atoms with Gasteiger partial charge in [-0.3, -0.25) is 0 Å². The van der Waals surface area contributed by atoms with E-state index in [9.17, 15) is 0 Å². The minimum atomic E-state index is 0.380. The van der Waals surface area contributed by atoms with Crippen LogP contribution < -0.4 is 10.2 Å². The number of nitrogens with one attached hydrogen (secondary N) is 1. The van der Waals surface area contributed by atoms with E-state index in [2.05, 4.69) is 48.0 Å². The van der Waals surface area contributed by atoms with Gasteiger partial charge < -0.3 is 15.1 Å². The molecule has 1 saturated carbocycles. The van der Waals surface area contributed by atoms with E-state index in [1.54, 1.807) is 0 Å². The van der Waals surface area contributed by atoms with Crippen LogP contribution in [0, 0.1) is 0 Å². The fourth-order valence-electron chi connectivity index (χ4n) is 2.63. The lowest BCUT2D eigenvalue weighted by Crippen LogP contribution is -2.40. The number of halogens is 1. The van der Waals surface area contributed by atoms with Crippen molar-refractivity contribution in [1.29, 1.82) is 0 Å². The Bertz CT molecular complexity index is 460. The lowest BCUT2D eigenvalue weighted by molar-refractivity contribution is 0.372. The monoisotopic (exact) mass is 310 g/mol. The van der Waals surface area contributed by atoms with Crippen molar-refractivity contribution in [2.75, 3.05) is 32.1 Å². The first-order valence-corrected chi connectivity index (χ1v) is 8.18. The van der Waals surface area contributed by atoms with Crippen LogP contribution >= 0.6 is 11.6 Å². The minimum absolute atomic E-state index is 0.380. The smallest absolute Gasteiger partial charge is 0.147 e. The van der Waals surface area contributed by atoms with E-state index < -0.39 is 0 Å². The molecule has 1 aliphatic rings. The average Bonchev–Trinajstić information content (AvgIpc) is 3.22. The molecule has 1 aromatic rings. The summed E-state index contributed by atoms with van der Waals surface area (Å²) in [6.45, 7) is 7.10. The Morgan fingerprint density at radius 3 is 2.67 bits per heavy atom. The summed E-state index contributed by atoms with van der Waals surface area (Å²) in [5.41, 5.74) is 1.16. The summed E-state index contributed by atoms with van der Waals surface area (Å²) in [6.07, 6.45) is 4.54. The SMILES string of the molecule is CCN(c1ncc(CNC2CC2)cc1Cl)C(C)CN(C)C. The highest BCUT2D eigenvalue weighted by molar-refractivity contribution is 6.33. The van der Waals surface area contributed by atoms with E-state index in [0.29, 0.717) is 12.1 Å². The maximum absolute atomic E-state index is 6.47. The van der Waals surface area contributed by atoms with Crippen molar-refractivity contribution < 1.29 is 0 Å². The number of likely N-dealkylation sites (N-methyl/N-ethyl adjacent to an activating group) is 2. The minimum Gasteiger partial charge on any atom is -0.352 e. The first kappa shape index (κ1) is 16.5. The van der Waals surface area contributed by atoms with Gasteiger partial charge in [0.2, 0.25) is 0 Å². The average molecular weight is 311 g/mol. The molecule has 1 heterocycles.